The lowest BCUT2D eigenvalue weighted by molar-refractivity contribution is -0.124. The molecule has 6 N–H and O–H groups in total. The first-order chi connectivity index (χ1) is 17.9. The average Bonchev–Trinajstić information content (AvgIpc) is 2.89. The molecule has 0 aliphatic rings. The van der Waals surface area contributed by atoms with Gasteiger partial charge in [-0.05, 0) is 12.8 Å². The number of allylic oxidation sites excluding steroid dienone is 1. The molecule has 1 unspecified atom stereocenters. The molecule has 0 saturated carbocycles. The van der Waals surface area contributed by atoms with Crippen LogP contribution in [0.2, 0.25) is 0 Å². The second-order valence-corrected chi connectivity index (χ2v) is 10.2. The van der Waals surface area contributed by atoms with E-state index in [2.05, 4.69) is 12.2 Å². The molecule has 0 aromatic rings. The zero-order valence-electron chi connectivity index (χ0n) is 23.5. The van der Waals surface area contributed by atoms with Gasteiger partial charge < -0.3 is 35.6 Å². The predicted molar refractivity (Wildman–Crippen MR) is 148 cm³/mol. The summed E-state index contributed by atoms with van der Waals surface area (Å²) in [6.45, 7) is 3.27. The summed E-state index contributed by atoms with van der Waals surface area (Å²) in [5.41, 5.74) is 0. The van der Waals surface area contributed by atoms with E-state index in [1.165, 1.54) is 57.8 Å². The number of carbonyl (C=O) groups excluding carboxylic acids is 1. The Bertz CT molecular complexity index is 546. The molecule has 0 aromatic heterocycles. The zero-order chi connectivity index (χ0) is 27.7. The molecular weight excluding hydrogens is 474 g/mol. The summed E-state index contributed by atoms with van der Waals surface area (Å²) in [7, 11) is 0. The first-order valence-corrected chi connectivity index (χ1v) is 14.7. The van der Waals surface area contributed by atoms with E-state index in [4.69, 9.17) is 9.84 Å². The van der Waals surface area contributed by atoms with Gasteiger partial charge in [0.25, 0.3) is 0 Å². The highest BCUT2D eigenvalue weighted by Crippen LogP contribution is 2.15. The van der Waals surface area contributed by atoms with Crippen molar-refractivity contribution in [2.24, 2.45) is 0 Å². The molecule has 1 amide bonds. The Morgan fingerprint density at radius 2 is 1.30 bits per heavy atom. The molecule has 0 bridgehead atoms. The molecular formula is C29H57NO7. The van der Waals surface area contributed by atoms with Gasteiger partial charge in [0.1, 0.15) is 18.3 Å². The number of rotatable bonds is 26. The molecule has 0 fully saturated rings. The molecule has 5 atom stereocenters. The van der Waals surface area contributed by atoms with Gasteiger partial charge in [-0.2, -0.15) is 0 Å². The molecule has 0 aliphatic carbocycles. The molecule has 0 rings (SSSR count). The fourth-order valence-electron chi connectivity index (χ4n) is 4.15. The van der Waals surface area contributed by atoms with Crippen LogP contribution in [-0.4, -0.2) is 81.7 Å². The van der Waals surface area contributed by atoms with Crippen molar-refractivity contribution in [1.29, 1.82) is 0 Å². The third-order valence-electron chi connectivity index (χ3n) is 6.65. The van der Waals surface area contributed by atoms with Gasteiger partial charge in [0.2, 0.25) is 5.91 Å². The third-order valence-corrected chi connectivity index (χ3v) is 6.65. The lowest BCUT2D eigenvalue weighted by atomic mass is 9.99. The molecule has 0 heterocycles. The molecule has 8 heteroatoms. The fraction of sp³-hybridized carbons (Fsp3) is 0.897. The van der Waals surface area contributed by atoms with E-state index in [0.29, 0.717) is 6.42 Å². The number of nitrogens with one attached hydrogen (secondary N) is 1. The summed E-state index contributed by atoms with van der Waals surface area (Å²) in [5, 5.41) is 52.1. The van der Waals surface area contributed by atoms with E-state index in [-0.39, 0.29) is 25.5 Å². The number of amides is 1. The second kappa shape index (κ2) is 25.3. The maximum Gasteiger partial charge on any atom is 0.224 e. The van der Waals surface area contributed by atoms with E-state index in [9.17, 15) is 25.2 Å². The van der Waals surface area contributed by atoms with Crippen molar-refractivity contribution in [3.05, 3.63) is 12.2 Å². The normalized spacial score (nSPS) is 16.0. The first kappa shape index (κ1) is 36.0. The van der Waals surface area contributed by atoms with Crippen molar-refractivity contribution in [2.45, 2.75) is 147 Å². The molecule has 0 spiro atoms. The predicted octanol–water partition coefficient (Wildman–Crippen LogP) is 3.76. The quantitative estimate of drug-likeness (QED) is 0.0738. The van der Waals surface area contributed by atoms with Crippen LogP contribution in [0, 0.1) is 0 Å². The Hall–Kier alpha value is -1.03. The van der Waals surface area contributed by atoms with Gasteiger partial charge in [-0.25, -0.2) is 0 Å². The summed E-state index contributed by atoms with van der Waals surface area (Å²) in [5.74, 6) is -0.298. The summed E-state index contributed by atoms with van der Waals surface area (Å²) >= 11 is 0. The summed E-state index contributed by atoms with van der Waals surface area (Å²) < 4.78 is 5.39. The molecule has 37 heavy (non-hydrogen) atoms. The van der Waals surface area contributed by atoms with Crippen molar-refractivity contribution in [3.8, 4) is 0 Å². The van der Waals surface area contributed by atoms with Crippen molar-refractivity contribution < 1.29 is 35.1 Å². The third kappa shape index (κ3) is 20.6. The molecule has 0 aliphatic heterocycles. The highest BCUT2D eigenvalue weighted by Gasteiger charge is 2.28. The number of unbranched alkanes of at least 4 members (excludes halogenated alkanes) is 12. The van der Waals surface area contributed by atoms with E-state index in [1.807, 2.05) is 13.0 Å². The van der Waals surface area contributed by atoms with Crippen molar-refractivity contribution in [2.75, 3.05) is 19.8 Å². The maximum absolute atomic E-state index is 12.3. The Labute approximate surface area is 225 Å². The van der Waals surface area contributed by atoms with Crippen LogP contribution in [0.15, 0.2) is 12.2 Å². The molecule has 8 nitrogen and oxygen atoms in total. The van der Waals surface area contributed by atoms with Gasteiger partial charge in [-0.3, -0.25) is 4.79 Å². The van der Waals surface area contributed by atoms with Crippen LogP contribution >= 0.6 is 0 Å². The number of hydrogen-bond acceptors (Lipinski definition) is 7. The Morgan fingerprint density at radius 3 is 1.84 bits per heavy atom. The number of carbonyl (C=O) groups is 1. The van der Waals surface area contributed by atoms with E-state index in [0.717, 1.165) is 32.1 Å². The van der Waals surface area contributed by atoms with Crippen LogP contribution in [-0.2, 0) is 9.53 Å². The van der Waals surface area contributed by atoms with Crippen molar-refractivity contribution in [3.63, 3.8) is 0 Å². The van der Waals surface area contributed by atoms with Crippen LogP contribution in [0.1, 0.15) is 117 Å². The molecule has 0 aromatic carbocycles. The second-order valence-electron chi connectivity index (χ2n) is 10.2. The highest BCUT2D eigenvalue weighted by molar-refractivity contribution is 5.77. The van der Waals surface area contributed by atoms with Gasteiger partial charge in [-0.15, -0.1) is 0 Å². The lowest BCUT2D eigenvalue weighted by Gasteiger charge is -2.28. The SMILES string of the molecule is CCC/C=C\CC(=O)N[C@@H](COC[C@@H](O)C(O)CO)[C@H](O)[C@H](O)CCCCCCCCCCCCCC. The highest BCUT2D eigenvalue weighted by atomic mass is 16.5. The minimum atomic E-state index is -1.34. The number of hydrogen-bond donors (Lipinski definition) is 6. The Balaban J connectivity index is 4.39. The van der Waals surface area contributed by atoms with Crippen molar-refractivity contribution in [1.82, 2.24) is 5.32 Å². The monoisotopic (exact) mass is 531 g/mol. The van der Waals surface area contributed by atoms with Gasteiger partial charge in [0, 0.05) is 6.42 Å². The summed E-state index contributed by atoms with van der Waals surface area (Å²) in [6.07, 6.45) is 15.9. The van der Waals surface area contributed by atoms with E-state index < -0.39 is 37.1 Å². The van der Waals surface area contributed by atoms with Crippen LogP contribution in [0.5, 0.6) is 0 Å². The van der Waals surface area contributed by atoms with Gasteiger partial charge in [0.15, 0.2) is 0 Å². The van der Waals surface area contributed by atoms with Gasteiger partial charge >= 0.3 is 0 Å². The zero-order valence-corrected chi connectivity index (χ0v) is 23.5. The van der Waals surface area contributed by atoms with Crippen LogP contribution in [0.25, 0.3) is 0 Å². The lowest BCUT2D eigenvalue weighted by Crippen LogP contribution is -2.51. The van der Waals surface area contributed by atoms with Crippen LogP contribution < -0.4 is 5.32 Å². The number of ether oxygens (including phenoxy) is 1. The standard InChI is InChI=1S/C29H57NO7/c1-3-5-7-9-10-11-12-13-14-15-16-17-19-25(32)29(36)24(22-37-23-27(34)26(33)21-31)30-28(35)20-18-8-6-4-2/h8,18,24-27,29,31-34,36H,3-7,9-17,19-23H2,1-2H3,(H,30,35)/b18-8-/t24-,25+,26?,27+,29-/m0/s1. The minimum absolute atomic E-state index is 0.143. The molecule has 0 saturated heterocycles. The largest absolute Gasteiger partial charge is 0.394 e. The fourth-order valence-corrected chi connectivity index (χ4v) is 4.15. The Kier molecular flexibility index (Phi) is 24.6. The minimum Gasteiger partial charge on any atom is -0.394 e. The number of aliphatic hydroxyl groups is 5. The van der Waals surface area contributed by atoms with Crippen molar-refractivity contribution >= 4 is 5.91 Å². The van der Waals surface area contributed by atoms with E-state index in [1.54, 1.807) is 6.08 Å². The van der Waals surface area contributed by atoms with E-state index >= 15 is 0 Å². The smallest absolute Gasteiger partial charge is 0.224 e. The van der Waals surface area contributed by atoms with Crippen LogP contribution in [0.4, 0.5) is 0 Å². The number of aliphatic hydroxyl groups excluding tert-OH is 5. The first-order valence-electron chi connectivity index (χ1n) is 14.7. The topological polar surface area (TPSA) is 139 Å². The summed E-state index contributed by atoms with van der Waals surface area (Å²) in [6, 6.07) is -0.863. The Morgan fingerprint density at radius 1 is 0.730 bits per heavy atom. The molecule has 220 valence electrons. The van der Waals surface area contributed by atoms with Gasteiger partial charge in [-0.1, -0.05) is 109 Å². The summed E-state index contributed by atoms with van der Waals surface area (Å²) in [4.78, 5) is 12.3. The molecule has 0 radical (unpaired) electrons. The van der Waals surface area contributed by atoms with Crippen LogP contribution in [0.3, 0.4) is 0 Å². The maximum atomic E-state index is 12.3. The van der Waals surface area contributed by atoms with Gasteiger partial charge in [0.05, 0.1) is 32.0 Å². The average molecular weight is 532 g/mol.